The normalized spacial score (nSPS) is 14.8. The van der Waals surface area contributed by atoms with Gasteiger partial charge in [0.1, 0.15) is 5.82 Å². The first-order valence-corrected chi connectivity index (χ1v) is 11.8. The molecule has 31 heavy (non-hydrogen) atoms. The lowest BCUT2D eigenvalue weighted by atomic mass is 10.1. The first-order chi connectivity index (χ1) is 14.7. The minimum absolute atomic E-state index is 0.0320. The van der Waals surface area contributed by atoms with Gasteiger partial charge in [0.2, 0.25) is 0 Å². The summed E-state index contributed by atoms with van der Waals surface area (Å²) in [6, 6.07) is 13.6. The summed E-state index contributed by atoms with van der Waals surface area (Å²) in [7, 11) is -3.84. The van der Waals surface area contributed by atoms with Crippen LogP contribution in [0.15, 0.2) is 59.6 Å². The van der Waals surface area contributed by atoms with E-state index in [-0.39, 0.29) is 16.8 Å². The number of hydrogen-bond acceptors (Lipinski definition) is 4. The molecule has 1 fully saturated rings. The molecule has 0 radical (unpaired) electrons. The lowest BCUT2D eigenvalue weighted by molar-refractivity contribution is 0.102. The smallest absolute Gasteiger partial charge is 0.261 e. The van der Waals surface area contributed by atoms with Crippen molar-refractivity contribution in [1.82, 2.24) is 9.78 Å². The van der Waals surface area contributed by atoms with Crippen LogP contribution >= 0.6 is 0 Å². The van der Waals surface area contributed by atoms with E-state index in [4.69, 9.17) is 0 Å². The molecule has 1 heterocycles. The van der Waals surface area contributed by atoms with Gasteiger partial charge in [0.15, 0.2) is 0 Å². The standard InChI is InChI=1S/C23H26N4O3S/c1-15-5-4-6-19(13-15)26-31(29,30)20-10-7-16(2)21(14-20)23(28)25-22-11-12-24-27(22)17(3)18-8-9-18/h4-7,10-14,17-18,26H,8-9H2,1-3H3,(H,25,28). The highest BCUT2D eigenvalue weighted by Crippen LogP contribution is 2.40. The Kier molecular flexibility index (Phi) is 5.58. The van der Waals surface area contributed by atoms with Gasteiger partial charge in [0.25, 0.3) is 15.9 Å². The molecule has 1 aliphatic rings. The molecule has 3 aromatic rings. The highest BCUT2D eigenvalue weighted by atomic mass is 32.2. The summed E-state index contributed by atoms with van der Waals surface area (Å²) in [6.07, 6.45) is 4.00. The van der Waals surface area contributed by atoms with Gasteiger partial charge in [0.05, 0.1) is 17.1 Å². The maximum Gasteiger partial charge on any atom is 0.261 e. The van der Waals surface area contributed by atoms with Gasteiger partial charge in [-0.3, -0.25) is 9.52 Å². The second-order valence-corrected chi connectivity index (χ2v) is 9.83. The van der Waals surface area contributed by atoms with E-state index < -0.39 is 10.0 Å². The number of amides is 1. The average molecular weight is 439 g/mol. The Hall–Kier alpha value is -3.13. The van der Waals surface area contributed by atoms with Gasteiger partial charge in [-0.05, 0) is 74.9 Å². The van der Waals surface area contributed by atoms with Crippen molar-refractivity contribution >= 4 is 27.4 Å². The molecule has 0 spiro atoms. The average Bonchev–Trinajstić information content (AvgIpc) is 3.46. The number of hydrogen-bond donors (Lipinski definition) is 2. The molecule has 7 nitrogen and oxygen atoms in total. The Morgan fingerprint density at radius 3 is 2.61 bits per heavy atom. The molecule has 0 bridgehead atoms. The summed E-state index contributed by atoms with van der Waals surface area (Å²) in [5.41, 5.74) is 2.41. The molecule has 2 aromatic carbocycles. The quantitative estimate of drug-likeness (QED) is 0.567. The summed E-state index contributed by atoms with van der Waals surface area (Å²) in [4.78, 5) is 13.0. The molecule has 4 rings (SSSR count). The van der Waals surface area contributed by atoms with Crippen LogP contribution in [0.25, 0.3) is 0 Å². The molecular weight excluding hydrogens is 412 g/mol. The summed E-state index contributed by atoms with van der Waals surface area (Å²) in [5, 5.41) is 7.25. The van der Waals surface area contributed by atoms with Crippen molar-refractivity contribution in [1.29, 1.82) is 0 Å². The number of aryl methyl sites for hydroxylation is 2. The molecule has 2 N–H and O–H groups in total. The minimum Gasteiger partial charge on any atom is -0.307 e. The number of aromatic nitrogens is 2. The van der Waals surface area contributed by atoms with E-state index in [0.29, 0.717) is 28.6 Å². The molecular formula is C23H26N4O3S. The topological polar surface area (TPSA) is 93.1 Å². The van der Waals surface area contributed by atoms with Crippen molar-refractivity contribution in [2.24, 2.45) is 5.92 Å². The number of nitrogens with one attached hydrogen (secondary N) is 2. The number of nitrogens with zero attached hydrogens (tertiary/aromatic N) is 2. The Morgan fingerprint density at radius 1 is 1.13 bits per heavy atom. The van der Waals surface area contributed by atoms with E-state index in [1.165, 1.54) is 25.0 Å². The van der Waals surface area contributed by atoms with Gasteiger partial charge in [0, 0.05) is 17.3 Å². The fraction of sp³-hybridized carbons (Fsp3) is 0.304. The molecule has 1 atom stereocenters. The van der Waals surface area contributed by atoms with Crippen molar-refractivity contribution in [3.05, 3.63) is 71.4 Å². The van der Waals surface area contributed by atoms with Gasteiger partial charge < -0.3 is 5.32 Å². The Bertz CT molecular complexity index is 1230. The van der Waals surface area contributed by atoms with E-state index in [1.807, 2.05) is 17.7 Å². The first-order valence-electron chi connectivity index (χ1n) is 10.3. The van der Waals surface area contributed by atoms with E-state index in [2.05, 4.69) is 22.1 Å². The van der Waals surface area contributed by atoms with Gasteiger partial charge in [-0.2, -0.15) is 5.10 Å². The van der Waals surface area contributed by atoms with E-state index in [0.717, 1.165) is 5.56 Å². The lowest BCUT2D eigenvalue weighted by Crippen LogP contribution is -2.20. The molecule has 1 aromatic heterocycles. The van der Waals surface area contributed by atoms with Crippen LogP contribution in [-0.4, -0.2) is 24.1 Å². The highest BCUT2D eigenvalue weighted by molar-refractivity contribution is 7.92. The Labute approximate surface area is 182 Å². The van der Waals surface area contributed by atoms with E-state index in [9.17, 15) is 13.2 Å². The highest BCUT2D eigenvalue weighted by Gasteiger charge is 2.31. The van der Waals surface area contributed by atoms with Crippen molar-refractivity contribution in [2.75, 3.05) is 10.0 Å². The van der Waals surface area contributed by atoms with Crippen LogP contribution in [0.3, 0.4) is 0 Å². The van der Waals surface area contributed by atoms with Crippen molar-refractivity contribution in [3.8, 4) is 0 Å². The van der Waals surface area contributed by atoms with E-state index in [1.54, 1.807) is 43.5 Å². The maximum atomic E-state index is 13.0. The number of carbonyl (C=O) groups excluding carboxylic acids is 1. The van der Waals surface area contributed by atoms with Gasteiger partial charge in [-0.25, -0.2) is 13.1 Å². The molecule has 162 valence electrons. The summed E-state index contributed by atoms with van der Waals surface area (Å²) >= 11 is 0. The predicted molar refractivity (Wildman–Crippen MR) is 121 cm³/mol. The molecule has 1 amide bonds. The largest absolute Gasteiger partial charge is 0.307 e. The van der Waals surface area contributed by atoms with Gasteiger partial charge in [-0.1, -0.05) is 18.2 Å². The maximum absolute atomic E-state index is 13.0. The van der Waals surface area contributed by atoms with Crippen LogP contribution in [0.5, 0.6) is 0 Å². The van der Waals surface area contributed by atoms with Crippen LogP contribution in [0.4, 0.5) is 11.5 Å². The number of sulfonamides is 1. The fourth-order valence-corrected chi connectivity index (χ4v) is 4.71. The third kappa shape index (κ3) is 4.64. The minimum atomic E-state index is -3.84. The van der Waals surface area contributed by atoms with Crippen molar-refractivity contribution in [3.63, 3.8) is 0 Å². The zero-order chi connectivity index (χ0) is 22.2. The third-order valence-corrected chi connectivity index (χ3v) is 7.02. The molecule has 0 saturated heterocycles. The molecule has 1 saturated carbocycles. The summed E-state index contributed by atoms with van der Waals surface area (Å²) in [6.45, 7) is 5.76. The first kappa shape index (κ1) is 21.1. The number of carbonyl (C=O) groups is 1. The van der Waals surface area contributed by atoms with Crippen molar-refractivity contribution < 1.29 is 13.2 Å². The molecule has 1 aliphatic carbocycles. The molecule has 1 unspecified atom stereocenters. The monoisotopic (exact) mass is 438 g/mol. The Balaban J connectivity index is 1.58. The van der Waals surface area contributed by atoms with Crippen LogP contribution in [0.2, 0.25) is 0 Å². The second-order valence-electron chi connectivity index (χ2n) is 8.14. The van der Waals surface area contributed by atoms with Gasteiger partial charge >= 0.3 is 0 Å². The van der Waals surface area contributed by atoms with Crippen molar-refractivity contribution in [2.45, 2.75) is 44.6 Å². The lowest BCUT2D eigenvalue weighted by Gasteiger charge is -2.16. The third-order valence-electron chi connectivity index (χ3n) is 5.64. The predicted octanol–water partition coefficient (Wildman–Crippen LogP) is 4.52. The molecule has 0 aliphatic heterocycles. The fourth-order valence-electron chi connectivity index (χ4n) is 3.64. The zero-order valence-corrected chi connectivity index (χ0v) is 18.6. The number of benzene rings is 2. The Morgan fingerprint density at radius 2 is 1.90 bits per heavy atom. The van der Waals surface area contributed by atoms with Gasteiger partial charge in [-0.15, -0.1) is 0 Å². The van der Waals surface area contributed by atoms with Crippen LogP contribution in [0, 0.1) is 19.8 Å². The number of anilines is 2. The molecule has 8 heteroatoms. The zero-order valence-electron chi connectivity index (χ0n) is 17.8. The van der Waals surface area contributed by atoms with Crippen LogP contribution < -0.4 is 10.0 Å². The SMILES string of the molecule is Cc1cccc(NS(=O)(=O)c2ccc(C)c(C(=O)Nc3ccnn3C(C)C3CC3)c2)c1. The van der Waals surface area contributed by atoms with Crippen LogP contribution in [-0.2, 0) is 10.0 Å². The van der Waals surface area contributed by atoms with E-state index >= 15 is 0 Å². The second kappa shape index (κ2) is 8.19. The van der Waals surface area contributed by atoms with Crippen LogP contribution in [0.1, 0.15) is 47.3 Å². The number of rotatable bonds is 7. The summed E-state index contributed by atoms with van der Waals surface area (Å²) in [5.74, 6) is 0.822. The summed E-state index contributed by atoms with van der Waals surface area (Å²) < 4.78 is 30.2.